The molecule has 0 bridgehead atoms. The Morgan fingerprint density at radius 2 is 2.00 bits per heavy atom. The number of aromatic nitrogens is 3. The van der Waals surface area contributed by atoms with Crippen LogP contribution in [0.25, 0.3) is 0 Å². The van der Waals surface area contributed by atoms with Gasteiger partial charge in [-0.3, -0.25) is 19.1 Å². The number of hydrogen-bond acceptors (Lipinski definition) is 7. The lowest BCUT2D eigenvalue weighted by molar-refractivity contribution is -0.141. The Balaban J connectivity index is 1.64. The summed E-state index contributed by atoms with van der Waals surface area (Å²) in [7, 11) is 0. The third-order valence-corrected chi connectivity index (χ3v) is 5.56. The van der Waals surface area contributed by atoms with Crippen molar-refractivity contribution in [2.45, 2.75) is 52.3 Å². The van der Waals surface area contributed by atoms with E-state index < -0.39 is 29.7 Å². The van der Waals surface area contributed by atoms with E-state index in [1.54, 1.807) is 18.5 Å². The molecular formula is C23H29N5O5. The lowest BCUT2D eigenvalue weighted by Crippen LogP contribution is -2.46. The van der Waals surface area contributed by atoms with E-state index in [-0.39, 0.29) is 37.7 Å². The molecule has 176 valence electrons. The summed E-state index contributed by atoms with van der Waals surface area (Å²) >= 11 is 0. The van der Waals surface area contributed by atoms with Gasteiger partial charge in [0.25, 0.3) is 5.91 Å². The normalized spacial score (nSPS) is 17.6. The van der Waals surface area contributed by atoms with Crippen molar-refractivity contribution in [2.24, 2.45) is 11.8 Å². The van der Waals surface area contributed by atoms with E-state index in [1.807, 2.05) is 30.3 Å². The molecule has 0 saturated heterocycles. The molecule has 2 unspecified atom stereocenters. The Bertz CT molecular complexity index is 988. The first-order valence-corrected chi connectivity index (χ1v) is 11.0. The monoisotopic (exact) mass is 455 g/mol. The Labute approximate surface area is 192 Å². The molecule has 0 radical (unpaired) electrons. The van der Waals surface area contributed by atoms with Gasteiger partial charge in [-0.15, -0.1) is 0 Å². The van der Waals surface area contributed by atoms with Crippen LogP contribution < -0.4 is 10.6 Å². The van der Waals surface area contributed by atoms with Crippen molar-refractivity contribution >= 4 is 23.6 Å². The van der Waals surface area contributed by atoms with Crippen molar-refractivity contribution in [3.05, 3.63) is 48.0 Å². The SMILES string of the molecule is CC(C)C(NC(=O)OCc1ccccc1)C(=O)CC1CCn2ncnc2CCNC(=O)C1=O. The number of amides is 2. The third kappa shape index (κ3) is 6.71. The molecule has 33 heavy (non-hydrogen) atoms. The number of nitrogens with zero attached hydrogens (tertiary/aromatic N) is 3. The van der Waals surface area contributed by atoms with Crippen LogP contribution in [0.5, 0.6) is 0 Å². The molecule has 0 saturated carbocycles. The number of carbonyl (C=O) groups excluding carboxylic acids is 4. The summed E-state index contributed by atoms with van der Waals surface area (Å²) in [4.78, 5) is 54.5. The zero-order valence-electron chi connectivity index (χ0n) is 18.8. The van der Waals surface area contributed by atoms with E-state index in [9.17, 15) is 19.2 Å². The number of benzene rings is 1. The maximum absolute atomic E-state index is 13.1. The summed E-state index contributed by atoms with van der Waals surface area (Å²) in [6, 6.07) is 8.35. The van der Waals surface area contributed by atoms with Crippen LogP contribution >= 0.6 is 0 Å². The molecule has 1 aromatic heterocycles. The van der Waals surface area contributed by atoms with Gasteiger partial charge in [-0.05, 0) is 17.9 Å². The van der Waals surface area contributed by atoms with Gasteiger partial charge in [0, 0.05) is 31.8 Å². The molecule has 2 amide bonds. The highest BCUT2D eigenvalue weighted by Crippen LogP contribution is 2.18. The molecule has 3 rings (SSSR count). The smallest absolute Gasteiger partial charge is 0.408 e. The molecule has 1 aliphatic rings. The number of Topliss-reactive ketones (excluding diaryl/α,β-unsaturated/α-hetero) is 2. The minimum Gasteiger partial charge on any atom is -0.445 e. The van der Waals surface area contributed by atoms with Gasteiger partial charge in [-0.2, -0.15) is 5.10 Å². The molecule has 0 fully saturated rings. The molecular weight excluding hydrogens is 426 g/mol. The van der Waals surface area contributed by atoms with E-state index in [2.05, 4.69) is 20.7 Å². The van der Waals surface area contributed by atoms with Crippen molar-refractivity contribution in [3.63, 3.8) is 0 Å². The summed E-state index contributed by atoms with van der Waals surface area (Å²) in [5.74, 6) is -2.03. The number of carbonyl (C=O) groups is 4. The Kier molecular flexibility index (Phi) is 8.28. The standard InChI is InChI=1S/C23H29N5O5/c1-15(2)20(27-23(32)33-13-16-6-4-3-5-7-16)18(29)12-17-9-11-28-19(25-14-26-28)8-10-24-22(31)21(17)30/h3-7,14-15,17,20H,8-13H2,1-2H3,(H,24,31)(H,27,32). The van der Waals surface area contributed by atoms with Crippen LogP contribution in [0.1, 0.15) is 38.1 Å². The lowest BCUT2D eigenvalue weighted by Gasteiger charge is -2.24. The first-order valence-electron chi connectivity index (χ1n) is 11.0. The van der Waals surface area contributed by atoms with E-state index in [4.69, 9.17) is 4.74 Å². The lowest BCUT2D eigenvalue weighted by atomic mass is 9.88. The highest BCUT2D eigenvalue weighted by Gasteiger charge is 2.33. The molecule has 2 N–H and O–H groups in total. The number of ether oxygens (including phenoxy) is 1. The number of rotatable bonds is 7. The largest absolute Gasteiger partial charge is 0.445 e. The predicted octanol–water partition coefficient (Wildman–Crippen LogP) is 1.44. The van der Waals surface area contributed by atoms with Gasteiger partial charge in [-0.25, -0.2) is 9.78 Å². The zero-order chi connectivity index (χ0) is 23.8. The average molecular weight is 456 g/mol. The molecule has 0 aliphatic carbocycles. The Hall–Kier alpha value is -3.56. The first kappa shape index (κ1) is 24.1. The molecule has 1 aliphatic heterocycles. The quantitative estimate of drug-likeness (QED) is 0.604. The van der Waals surface area contributed by atoms with Crippen molar-refractivity contribution in [1.82, 2.24) is 25.4 Å². The minimum absolute atomic E-state index is 0.0766. The highest BCUT2D eigenvalue weighted by molar-refractivity contribution is 6.37. The second-order valence-corrected chi connectivity index (χ2v) is 8.35. The van der Waals surface area contributed by atoms with Crippen LogP contribution in [0.4, 0.5) is 4.79 Å². The molecule has 0 spiro atoms. The molecule has 10 nitrogen and oxygen atoms in total. The van der Waals surface area contributed by atoms with Crippen LogP contribution in [-0.4, -0.2) is 50.9 Å². The van der Waals surface area contributed by atoms with Crippen LogP contribution in [0.15, 0.2) is 36.7 Å². The number of hydrogen-bond donors (Lipinski definition) is 2. The Morgan fingerprint density at radius 3 is 2.73 bits per heavy atom. The zero-order valence-corrected chi connectivity index (χ0v) is 18.8. The van der Waals surface area contributed by atoms with Crippen molar-refractivity contribution in [2.75, 3.05) is 6.54 Å². The van der Waals surface area contributed by atoms with Gasteiger partial charge in [0.2, 0.25) is 5.78 Å². The number of fused-ring (bicyclic) bond motifs is 1. The maximum atomic E-state index is 13.1. The molecule has 2 heterocycles. The van der Waals surface area contributed by atoms with Gasteiger partial charge in [0.15, 0.2) is 5.78 Å². The molecule has 1 aromatic carbocycles. The van der Waals surface area contributed by atoms with Crippen molar-refractivity contribution in [3.8, 4) is 0 Å². The van der Waals surface area contributed by atoms with Crippen LogP contribution in [0, 0.1) is 11.8 Å². The van der Waals surface area contributed by atoms with Crippen molar-refractivity contribution < 1.29 is 23.9 Å². The third-order valence-electron chi connectivity index (χ3n) is 5.56. The first-order chi connectivity index (χ1) is 15.8. The summed E-state index contributed by atoms with van der Waals surface area (Å²) < 4.78 is 6.91. The summed E-state index contributed by atoms with van der Waals surface area (Å²) in [5, 5.41) is 9.36. The van der Waals surface area contributed by atoms with Gasteiger partial charge in [0.1, 0.15) is 18.8 Å². The summed E-state index contributed by atoms with van der Waals surface area (Å²) in [6.07, 6.45) is 1.27. The van der Waals surface area contributed by atoms with Gasteiger partial charge in [0.05, 0.1) is 6.04 Å². The second-order valence-electron chi connectivity index (χ2n) is 8.35. The predicted molar refractivity (Wildman–Crippen MR) is 118 cm³/mol. The molecule has 2 aromatic rings. The number of alkyl carbamates (subject to hydrolysis) is 1. The summed E-state index contributed by atoms with van der Waals surface area (Å²) in [5.41, 5.74) is 0.825. The average Bonchev–Trinajstić information content (AvgIpc) is 3.25. The van der Waals surface area contributed by atoms with E-state index in [0.717, 1.165) is 5.56 Å². The van der Waals surface area contributed by atoms with Crippen molar-refractivity contribution in [1.29, 1.82) is 0 Å². The number of aryl methyl sites for hydroxylation is 1. The number of ketones is 2. The molecule has 10 heteroatoms. The topological polar surface area (TPSA) is 132 Å². The fourth-order valence-corrected chi connectivity index (χ4v) is 3.71. The number of nitrogens with one attached hydrogen (secondary N) is 2. The fraction of sp³-hybridized carbons (Fsp3) is 0.478. The van der Waals surface area contributed by atoms with Gasteiger partial charge >= 0.3 is 6.09 Å². The van der Waals surface area contributed by atoms with Gasteiger partial charge < -0.3 is 15.4 Å². The van der Waals surface area contributed by atoms with Crippen LogP contribution in [0.2, 0.25) is 0 Å². The van der Waals surface area contributed by atoms with Crippen LogP contribution in [0.3, 0.4) is 0 Å². The van der Waals surface area contributed by atoms with E-state index in [1.165, 1.54) is 6.33 Å². The van der Waals surface area contributed by atoms with Crippen LogP contribution in [-0.2, 0) is 38.7 Å². The fourth-order valence-electron chi connectivity index (χ4n) is 3.71. The Morgan fingerprint density at radius 1 is 1.24 bits per heavy atom. The second kappa shape index (κ2) is 11.3. The van der Waals surface area contributed by atoms with E-state index >= 15 is 0 Å². The molecule has 2 atom stereocenters. The van der Waals surface area contributed by atoms with E-state index in [0.29, 0.717) is 18.8 Å². The maximum Gasteiger partial charge on any atom is 0.408 e. The van der Waals surface area contributed by atoms with Gasteiger partial charge in [-0.1, -0.05) is 44.2 Å². The minimum atomic E-state index is -0.846. The summed E-state index contributed by atoms with van der Waals surface area (Å²) in [6.45, 7) is 4.29. The highest BCUT2D eigenvalue weighted by atomic mass is 16.5.